The van der Waals surface area contributed by atoms with Gasteiger partial charge in [0, 0.05) is 17.9 Å². The lowest BCUT2D eigenvalue weighted by atomic mass is 10.1. The molecule has 1 rings (SSSR count). The zero-order chi connectivity index (χ0) is 14.6. The molecule has 0 bridgehead atoms. The SMILES string of the molecule is CC(C)CN(CC(N)=O)c1ccc(N)c(C(N)=O)c1. The summed E-state index contributed by atoms with van der Waals surface area (Å²) in [4.78, 5) is 24.2. The van der Waals surface area contributed by atoms with Crippen molar-refractivity contribution in [3.05, 3.63) is 23.8 Å². The van der Waals surface area contributed by atoms with E-state index in [-0.39, 0.29) is 12.1 Å². The fourth-order valence-electron chi connectivity index (χ4n) is 1.84. The Morgan fingerprint density at radius 3 is 2.37 bits per heavy atom. The third-order valence-electron chi connectivity index (χ3n) is 2.60. The van der Waals surface area contributed by atoms with Gasteiger partial charge in [0.25, 0.3) is 5.91 Å². The second-order valence-electron chi connectivity index (χ2n) is 4.88. The average molecular weight is 264 g/mol. The van der Waals surface area contributed by atoms with Crippen LogP contribution in [-0.4, -0.2) is 24.9 Å². The van der Waals surface area contributed by atoms with Crippen molar-refractivity contribution >= 4 is 23.2 Å². The van der Waals surface area contributed by atoms with Gasteiger partial charge in [0.1, 0.15) is 0 Å². The quantitative estimate of drug-likeness (QED) is 0.641. The van der Waals surface area contributed by atoms with Crippen molar-refractivity contribution in [2.24, 2.45) is 17.4 Å². The van der Waals surface area contributed by atoms with Crippen molar-refractivity contribution in [1.29, 1.82) is 0 Å². The van der Waals surface area contributed by atoms with Gasteiger partial charge < -0.3 is 22.1 Å². The molecule has 1 aromatic rings. The number of hydrogen-bond donors (Lipinski definition) is 3. The Hall–Kier alpha value is -2.24. The van der Waals surface area contributed by atoms with Gasteiger partial charge in [-0.2, -0.15) is 0 Å². The summed E-state index contributed by atoms with van der Waals surface area (Å²) in [6, 6.07) is 4.93. The summed E-state index contributed by atoms with van der Waals surface area (Å²) >= 11 is 0. The molecule has 0 aliphatic rings. The number of nitrogens with two attached hydrogens (primary N) is 3. The summed E-state index contributed by atoms with van der Waals surface area (Å²) in [5.41, 5.74) is 17.4. The summed E-state index contributed by atoms with van der Waals surface area (Å²) < 4.78 is 0. The highest BCUT2D eigenvalue weighted by molar-refractivity contribution is 5.99. The summed E-state index contributed by atoms with van der Waals surface area (Å²) in [6.45, 7) is 4.78. The highest BCUT2D eigenvalue weighted by Gasteiger charge is 2.14. The van der Waals surface area contributed by atoms with Crippen LogP contribution in [0.5, 0.6) is 0 Å². The Morgan fingerprint density at radius 1 is 1.26 bits per heavy atom. The number of carbonyl (C=O) groups excluding carboxylic acids is 2. The van der Waals surface area contributed by atoms with Gasteiger partial charge in [-0.15, -0.1) is 0 Å². The van der Waals surface area contributed by atoms with E-state index in [1.54, 1.807) is 23.1 Å². The number of primary amides is 2. The van der Waals surface area contributed by atoms with Crippen LogP contribution in [0.3, 0.4) is 0 Å². The normalized spacial score (nSPS) is 10.5. The second kappa shape index (κ2) is 6.08. The van der Waals surface area contributed by atoms with Crippen molar-refractivity contribution in [2.45, 2.75) is 13.8 Å². The molecule has 0 radical (unpaired) electrons. The van der Waals surface area contributed by atoms with Crippen LogP contribution in [0.4, 0.5) is 11.4 Å². The number of hydrogen-bond acceptors (Lipinski definition) is 4. The van der Waals surface area contributed by atoms with Gasteiger partial charge in [-0.3, -0.25) is 9.59 Å². The lowest BCUT2D eigenvalue weighted by Gasteiger charge is -2.25. The topological polar surface area (TPSA) is 115 Å². The van der Waals surface area contributed by atoms with Crippen molar-refractivity contribution in [3.8, 4) is 0 Å². The molecule has 0 unspecified atom stereocenters. The van der Waals surface area contributed by atoms with Gasteiger partial charge in [-0.25, -0.2) is 0 Å². The summed E-state index contributed by atoms with van der Waals surface area (Å²) in [5, 5.41) is 0. The molecule has 6 N–H and O–H groups in total. The number of amides is 2. The molecule has 19 heavy (non-hydrogen) atoms. The third-order valence-corrected chi connectivity index (χ3v) is 2.60. The Balaban J connectivity index is 3.11. The molecule has 0 heterocycles. The van der Waals surface area contributed by atoms with Crippen LogP contribution in [-0.2, 0) is 4.79 Å². The minimum atomic E-state index is -0.595. The van der Waals surface area contributed by atoms with Crippen LogP contribution in [0.15, 0.2) is 18.2 Å². The van der Waals surface area contributed by atoms with Crippen LogP contribution in [0.25, 0.3) is 0 Å². The molecule has 0 aliphatic carbocycles. The largest absolute Gasteiger partial charge is 0.398 e. The molecular weight excluding hydrogens is 244 g/mol. The van der Waals surface area contributed by atoms with Gasteiger partial charge in [-0.1, -0.05) is 13.8 Å². The molecule has 0 fully saturated rings. The molecule has 104 valence electrons. The molecular formula is C13H20N4O2. The zero-order valence-electron chi connectivity index (χ0n) is 11.2. The van der Waals surface area contributed by atoms with E-state index in [1.807, 2.05) is 13.8 Å². The number of carbonyl (C=O) groups is 2. The first-order valence-electron chi connectivity index (χ1n) is 6.03. The fraction of sp³-hybridized carbons (Fsp3) is 0.385. The van der Waals surface area contributed by atoms with Gasteiger partial charge in [0.05, 0.1) is 12.1 Å². The highest BCUT2D eigenvalue weighted by atomic mass is 16.1. The molecule has 1 aromatic carbocycles. The Morgan fingerprint density at radius 2 is 1.89 bits per heavy atom. The summed E-state index contributed by atoms with van der Waals surface area (Å²) in [5.74, 6) is -0.685. The van der Waals surface area contributed by atoms with Gasteiger partial charge in [-0.05, 0) is 24.1 Å². The van der Waals surface area contributed by atoms with E-state index >= 15 is 0 Å². The first-order valence-corrected chi connectivity index (χ1v) is 6.03. The van der Waals surface area contributed by atoms with E-state index in [2.05, 4.69) is 0 Å². The number of benzene rings is 1. The van der Waals surface area contributed by atoms with Crippen molar-refractivity contribution in [2.75, 3.05) is 23.7 Å². The van der Waals surface area contributed by atoms with E-state index in [0.717, 1.165) is 0 Å². The number of nitrogens with zero attached hydrogens (tertiary/aromatic N) is 1. The first kappa shape index (κ1) is 14.8. The minimum absolute atomic E-state index is 0.0836. The van der Waals surface area contributed by atoms with Gasteiger partial charge in [0.15, 0.2) is 0 Å². The molecule has 2 amide bonds. The Bertz CT molecular complexity index is 486. The molecule has 0 aromatic heterocycles. The summed E-state index contributed by atoms with van der Waals surface area (Å²) in [6.07, 6.45) is 0. The average Bonchev–Trinajstić information content (AvgIpc) is 2.27. The van der Waals surface area contributed by atoms with E-state index in [0.29, 0.717) is 23.8 Å². The zero-order valence-corrected chi connectivity index (χ0v) is 11.2. The van der Waals surface area contributed by atoms with E-state index in [4.69, 9.17) is 17.2 Å². The van der Waals surface area contributed by atoms with Crippen LogP contribution in [0, 0.1) is 5.92 Å². The van der Waals surface area contributed by atoms with Crippen LogP contribution >= 0.6 is 0 Å². The van der Waals surface area contributed by atoms with Crippen LogP contribution < -0.4 is 22.1 Å². The molecule has 0 saturated carbocycles. The van der Waals surface area contributed by atoms with Crippen molar-refractivity contribution in [3.63, 3.8) is 0 Å². The van der Waals surface area contributed by atoms with E-state index in [9.17, 15) is 9.59 Å². The van der Waals surface area contributed by atoms with E-state index in [1.165, 1.54) is 0 Å². The predicted molar refractivity (Wildman–Crippen MR) is 75.6 cm³/mol. The number of anilines is 2. The Labute approximate surface area is 112 Å². The van der Waals surface area contributed by atoms with Crippen molar-refractivity contribution in [1.82, 2.24) is 0 Å². The first-order chi connectivity index (χ1) is 8.81. The number of rotatable bonds is 6. The van der Waals surface area contributed by atoms with E-state index < -0.39 is 11.8 Å². The van der Waals surface area contributed by atoms with Gasteiger partial charge >= 0.3 is 0 Å². The second-order valence-corrected chi connectivity index (χ2v) is 4.88. The molecule has 0 spiro atoms. The van der Waals surface area contributed by atoms with Crippen LogP contribution in [0.2, 0.25) is 0 Å². The molecule has 0 saturated heterocycles. The maximum absolute atomic E-state index is 11.3. The molecule has 6 heteroatoms. The smallest absolute Gasteiger partial charge is 0.250 e. The standard InChI is InChI=1S/C13H20N4O2/c1-8(2)6-17(7-12(15)18)9-3-4-11(14)10(5-9)13(16)19/h3-5,8H,6-7,14H2,1-2H3,(H2,15,18)(H2,16,19). The summed E-state index contributed by atoms with van der Waals surface area (Å²) in [7, 11) is 0. The highest BCUT2D eigenvalue weighted by Crippen LogP contribution is 2.21. The molecule has 0 atom stereocenters. The maximum Gasteiger partial charge on any atom is 0.250 e. The lowest BCUT2D eigenvalue weighted by molar-refractivity contribution is -0.116. The number of nitrogen functional groups attached to an aromatic ring is 1. The minimum Gasteiger partial charge on any atom is -0.398 e. The predicted octanol–water partition coefficient (Wildman–Crippen LogP) is 0.315. The lowest BCUT2D eigenvalue weighted by Crippen LogP contribution is -2.36. The Kier molecular flexibility index (Phi) is 4.74. The monoisotopic (exact) mass is 264 g/mol. The maximum atomic E-state index is 11.3. The van der Waals surface area contributed by atoms with Gasteiger partial charge in [0.2, 0.25) is 5.91 Å². The fourth-order valence-corrected chi connectivity index (χ4v) is 1.84. The molecule has 0 aliphatic heterocycles. The van der Waals surface area contributed by atoms with Crippen molar-refractivity contribution < 1.29 is 9.59 Å². The third kappa shape index (κ3) is 4.17. The van der Waals surface area contributed by atoms with Crippen LogP contribution in [0.1, 0.15) is 24.2 Å². The molecule has 6 nitrogen and oxygen atoms in total.